The van der Waals surface area contributed by atoms with E-state index in [1.54, 1.807) is 6.07 Å². The van der Waals surface area contributed by atoms with Crippen LogP contribution in [0.25, 0.3) is 0 Å². The number of ether oxygens (including phenoxy) is 2. The number of nitrogens with one attached hydrogen (secondary N) is 3. The van der Waals surface area contributed by atoms with Crippen molar-refractivity contribution in [1.82, 2.24) is 20.2 Å². The highest BCUT2D eigenvalue weighted by molar-refractivity contribution is 7.99. The molecule has 3 N–H and O–H groups in total. The van der Waals surface area contributed by atoms with Crippen LogP contribution in [0.15, 0.2) is 52.5 Å². The Morgan fingerprint density at radius 3 is 2.64 bits per heavy atom. The van der Waals surface area contributed by atoms with Crippen LogP contribution in [0.3, 0.4) is 0 Å². The lowest BCUT2D eigenvalue weighted by Crippen LogP contribution is -2.37. The number of nitro groups is 1. The number of rotatable bonds is 9. The van der Waals surface area contributed by atoms with E-state index in [1.165, 1.54) is 31.4 Å². The molecule has 0 unspecified atom stereocenters. The fourth-order valence-electron chi connectivity index (χ4n) is 4.10. The normalized spacial score (nSPS) is 13.1. The standard InChI is InChI=1S/C26H24F2N8O5S/c1-14-12-20(34-33-14)30-23-22(40-2)24(35-8-10-41-11-9-35)32-26(31-23)42-19-7-6-15(13-16(19)27)25(37)29-17-4-3-5-18(21(17)28)36(38)39/h3-7,12-13H,8-11H2,1-2H3,(H,29,37)(H2,30,31,32,33,34). The Morgan fingerprint density at radius 1 is 1.19 bits per heavy atom. The number of hydrogen-bond donors (Lipinski definition) is 3. The molecule has 2 aromatic carbocycles. The van der Waals surface area contributed by atoms with Gasteiger partial charge in [-0.05, 0) is 43.0 Å². The Balaban J connectivity index is 1.42. The highest BCUT2D eigenvalue weighted by Gasteiger charge is 2.24. The maximum absolute atomic E-state index is 15.2. The molecule has 0 saturated carbocycles. The first kappa shape index (κ1) is 28.7. The van der Waals surface area contributed by atoms with Gasteiger partial charge in [-0.3, -0.25) is 20.0 Å². The predicted octanol–water partition coefficient (Wildman–Crippen LogP) is 4.69. The number of morpholine rings is 1. The van der Waals surface area contributed by atoms with Crippen LogP contribution in [0, 0.1) is 28.7 Å². The molecule has 0 spiro atoms. The van der Waals surface area contributed by atoms with Gasteiger partial charge < -0.3 is 25.0 Å². The third-order valence-corrected chi connectivity index (χ3v) is 7.03. The average molecular weight is 599 g/mol. The second-order valence-corrected chi connectivity index (χ2v) is 9.98. The third kappa shape index (κ3) is 6.23. The number of aromatic amines is 1. The average Bonchev–Trinajstić information content (AvgIpc) is 3.39. The lowest BCUT2D eigenvalue weighted by Gasteiger charge is -2.29. The molecular formula is C26H24F2N8O5S. The van der Waals surface area contributed by atoms with Gasteiger partial charge in [-0.1, -0.05) is 6.07 Å². The van der Waals surface area contributed by atoms with Crippen molar-refractivity contribution >= 4 is 46.5 Å². The van der Waals surface area contributed by atoms with Gasteiger partial charge >= 0.3 is 5.69 Å². The summed E-state index contributed by atoms with van der Waals surface area (Å²) in [4.78, 5) is 34.1. The molecule has 0 radical (unpaired) electrons. The van der Waals surface area contributed by atoms with Crippen molar-refractivity contribution in [2.24, 2.45) is 0 Å². The summed E-state index contributed by atoms with van der Waals surface area (Å²) in [6, 6.07) is 8.84. The lowest BCUT2D eigenvalue weighted by molar-refractivity contribution is -0.387. The van der Waals surface area contributed by atoms with E-state index < -0.39 is 33.8 Å². The van der Waals surface area contributed by atoms with Crippen molar-refractivity contribution in [3.8, 4) is 5.75 Å². The van der Waals surface area contributed by atoms with Crippen LogP contribution in [-0.2, 0) is 4.74 Å². The number of nitrogens with zero attached hydrogens (tertiary/aromatic N) is 5. The Morgan fingerprint density at radius 2 is 1.98 bits per heavy atom. The van der Waals surface area contributed by atoms with Crippen molar-refractivity contribution in [3.05, 3.63) is 75.5 Å². The topological polar surface area (TPSA) is 160 Å². The first-order valence-corrected chi connectivity index (χ1v) is 13.3. The van der Waals surface area contributed by atoms with E-state index >= 15 is 4.39 Å². The van der Waals surface area contributed by atoms with Gasteiger partial charge in [-0.25, -0.2) is 14.4 Å². The smallest absolute Gasteiger partial charge is 0.306 e. The number of amides is 1. The summed E-state index contributed by atoms with van der Waals surface area (Å²) in [6.45, 7) is 3.96. The van der Waals surface area contributed by atoms with Gasteiger partial charge in [-0.2, -0.15) is 9.49 Å². The second kappa shape index (κ2) is 12.4. The summed E-state index contributed by atoms with van der Waals surface area (Å²) in [5.74, 6) is -1.12. The van der Waals surface area contributed by atoms with Crippen LogP contribution in [0.4, 0.5) is 37.6 Å². The monoisotopic (exact) mass is 598 g/mol. The summed E-state index contributed by atoms with van der Waals surface area (Å²) < 4.78 is 40.8. The number of anilines is 4. The Bertz CT molecular complexity index is 1650. The molecule has 5 rings (SSSR count). The van der Waals surface area contributed by atoms with E-state index in [1.807, 2.05) is 11.8 Å². The van der Waals surface area contributed by atoms with E-state index in [4.69, 9.17) is 9.47 Å². The van der Waals surface area contributed by atoms with Gasteiger partial charge in [0.1, 0.15) is 5.82 Å². The molecular weight excluding hydrogens is 574 g/mol. The van der Waals surface area contributed by atoms with Crippen molar-refractivity contribution in [2.45, 2.75) is 17.0 Å². The first-order chi connectivity index (χ1) is 20.2. The van der Waals surface area contributed by atoms with Crippen LogP contribution in [0.1, 0.15) is 16.1 Å². The van der Waals surface area contributed by atoms with Crippen molar-refractivity contribution < 1.29 is 28.0 Å². The van der Waals surface area contributed by atoms with Gasteiger partial charge in [0.2, 0.25) is 11.6 Å². The summed E-state index contributed by atoms with van der Waals surface area (Å²) >= 11 is 0.928. The highest BCUT2D eigenvalue weighted by Crippen LogP contribution is 2.39. The fraction of sp³-hybridized carbons (Fsp3) is 0.231. The number of carbonyl (C=O) groups is 1. The molecule has 0 aliphatic carbocycles. The van der Waals surface area contributed by atoms with E-state index in [2.05, 4.69) is 30.8 Å². The zero-order valence-electron chi connectivity index (χ0n) is 22.3. The van der Waals surface area contributed by atoms with Gasteiger partial charge in [0.15, 0.2) is 22.6 Å². The van der Waals surface area contributed by atoms with Crippen LogP contribution in [0.5, 0.6) is 5.75 Å². The number of H-pyrrole nitrogens is 1. The molecule has 13 nitrogen and oxygen atoms in total. The molecule has 42 heavy (non-hydrogen) atoms. The van der Waals surface area contributed by atoms with Gasteiger partial charge in [0, 0.05) is 36.5 Å². The number of aryl methyl sites for hydroxylation is 1. The van der Waals surface area contributed by atoms with Crippen LogP contribution in [0.2, 0.25) is 0 Å². The zero-order chi connectivity index (χ0) is 29.8. The summed E-state index contributed by atoms with van der Waals surface area (Å²) in [5.41, 5.74) is -0.489. The van der Waals surface area contributed by atoms with E-state index in [9.17, 15) is 19.3 Å². The Kier molecular flexibility index (Phi) is 8.44. The number of methoxy groups -OCH3 is 1. The molecule has 0 bridgehead atoms. The number of halogens is 2. The Labute approximate surface area is 241 Å². The predicted molar refractivity (Wildman–Crippen MR) is 150 cm³/mol. The van der Waals surface area contributed by atoms with Crippen LogP contribution >= 0.6 is 11.8 Å². The van der Waals surface area contributed by atoms with Gasteiger partial charge in [0.25, 0.3) is 5.91 Å². The number of carbonyl (C=O) groups excluding carboxylic acids is 1. The van der Waals surface area contributed by atoms with Gasteiger partial charge in [0.05, 0.1) is 35.8 Å². The fourth-order valence-corrected chi connectivity index (χ4v) is 4.86. The minimum Gasteiger partial charge on any atom is -0.490 e. The third-order valence-electron chi connectivity index (χ3n) is 6.11. The highest BCUT2D eigenvalue weighted by atomic mass is 32.2. The molecule has 3 heterocycles. The van der Waals surface area contributed by atoms with Crippen molar-refractivity contribution in [1.29, 1.82) is 0 Å². The molecule has 4 aromatic rings. The number of hydrogen-bond acceptors (Lipinski definition) is 11. The van der Waals surface area contributed by atoms with Crippen LogP contribution < -0.4 is 20.3 Å². The van der Waals surface area contributed by atoms with Crippen molar-refractivity contribution in [2.75, 3.05) is 48.9 Å². The molecule has 1 saturated heterocycles. The zero-order valence-corrected chi connectivity index (χ0v) is 23.1. The quantitative estimate of drug-likeness (QED) is 0.139. The summed E-state index contributed by atoms with van der Waals surface area (Å²) in [6.07, 6.45) is 0. The first-order valence-electron chi connectivity index (χ1n) is 12.5. The van der Waals surface area contributed by atoms with Crippen molar-refractivity contribution in [3.63, 3.8) is 0 Å². The Hall–Kier alpha value is -4.83. The largest absolute Gasteiger partial charge is 0.490 e. The maximum atomic E-state index is 15.2. The van der Waals surface area contributed by atoms with E-state index in [0.29, 0.717) is 49.5 Å². The van der Waals surface area contributed by atoms with Crippen LogP contribution in [-0.4, -0.2) is 64.4 Å². The van der Waals surface area contributed by atoms with E-state index in [-0.39, 0.29) is 15.6 Å². The number of aromatic nitrogens is 4. The molecule has 1 fully saturated rings. The molecule has 1 amide bonds. The molecule has 16 heteroatoms. The molecule has 218 valence electrons. The maximum Gasteiger partial charge on any atom is 0.306 e. The molecule has 1 aliphatic heterocycles. The minimum atomic E-state index is -1.20. The number of benzene rings is 2. The lowest BCUT2D eigenvalue weighted by atomic mass is 10.2. The van der Waals surface area contributed by atoms with Gasteiger partial charge in [-0.15, -0.1) is 0 Å². The summed E-state index contributed by atoms with van der Waals surface area (Å²) in [7, 11) is 1.50. The molecule has 0 atom stereocenters. The second-order valence-electron chi connectivity index (χ2n) is 8.97. The number of nitro benzene ring substituents is 1. The molecule has 2 aromatic heterocycles. The SMILES string of the molecule is COc1c(Nc2cc(C)[nH]n2)nc(Sc2ccc(C(=O)Nc3cccc([N+](=O)[O-])c3F)cc2F)nc1N1CCOCC1. The van der Waals surface area contributed by atoms with E-state index in [0.717, 1.165) is 29.6 Å². The minimum absolute atomic E-state index is 0.118. The summed E-state index contributed by atoms with van der Waals surface area (Å²) in [5, 5.41) is 23.6. The molecule has 1 aliphatic rings.